The number of nitrogens with zero attached hydrogens (tertiary/aromatic N) is 5. The molecule has 0 saturated carbocycles. The van der Waals surface area contributed by atoms with Crippen LogP contribution in [0.4, 0.5) is 0 Å². The predicted molar refractivity (Wildman–Crippen MR) is 81.4 cm³/mol. The van der Waals surface area contributed by atoms with E-state index in [9.17, 15) is 0 Å². The summed E-state index contributed by atoms with van der Waals surface area (Å²) in [6, 6.07) is 6.23. The van der Waals surface area contributed by atoms with Crippen LogP contribution in [-0.4, -0.2) is 24.8 Å². The third kappa shape index (κ3) is 1.74. The van der Waals surface area contributed by atoms with Crippen molar-refractivity contribution in [1.82, 2.24) is 24.8 Å². The fraction of sp³-hybridized carbons (Fsp3) is 0.231. The molecule has 0 atom stereocenters. The van der Waals surface area contributed by atoms with Gasteiger partial charge in [-0.3, -0.25) is 0 Å². The van der Waals surface area contributed by atoms with Crippen LogP contribution in [0.3, 0.4) is 0 Å². The zero-order valence-corrected chi connectivity index (χ0v) is 12.6. The first-order chi connectivity index (χ1) is 9.72. The molecule has 4 aromatic rings. The number of hydrogen-bond donors (Lipinski definition) is 0. The molecule has 0 radical (unpaired) electrons. The summed E-state index contributed by atoms with van der Waals surface area (Å²) in [6.07, 6.45) is 0. The fourth-order valence-electron chi connectivity index (χ4n) is 2.10. The lowest BCUT2D eigenvalue weighted by Crippen LogP contribution is -1.97. The Morgan fingerprint density at radius 3 is 2.95 bits per heavy atom. The van der Waals surface area contributed by atoms with Crippen molar-refractivity contribution in [2.45, 2.75) is 19.8 Å². The van der Waals surface area contributed by atoms with E-state index in [1.54, 1.807) is 22.7 Å². The van der Waals surface area contributed by atoms with Crippen molar-refractivity contribution in [2.24, 2.45) is 0 Å². The second-order valence-electron chi connectivity index (χ2n) is 4.85. The van der Waals surface area contributed by atoms with Crippen molar-refractivity contribution in [3.63, 3.8) is 0 Å². The van der Waals surface area contributed by atoms with E-state index in [1.807, 2.05) is 16.1 Å². The van der Waals surface area contributed by atoms with E-state index in [1.165, 1.54) is 4.70 Å². The number of benzene rings is 1. The molecular formula is C13H11N5S2. The van der Waals surface area contributed by atoms with Gasteiger partial charge in [0, 0.05) is 11.5 Å². The standard InChI is InChI=1S/C13H11N5S2/c1-7(2)11-15-16-13-18(11)17-12(20-13)8-3-4-9-10(5-8)19-6-14-9/h3-7H,1-2H3. The average Bonchev–Trinajstić information content (AvgIpc) is 3.11. The van der Waals surface area contributed by atoms with Crippen molar-refractivity contribution in [3.8, 4) is 10.6 Å². The molecule has 0 aliphatic carbocycles. The van der Waals surface area contributed by atoms with Crippen molar-refractivity contribution < 1.29 is 0 Å². The lowest BCUT2D eigenvalue weighted by Gasteiger charge is -1.98. The van der Waals surface area contributed by atoms with E-state index in [-0.39, 0.29) is 0 Å². The van der Waals surface area contributed by atoms with Gasteiger partial charge in [0.2, 0.25) is 4.96 Å². The zero-order chi connectivity index (χ0) is 13.7. The summed E-state index contributed by atoms with van der Waals surface area (Å²) < 4.78 is 3.03. The van der Waals surface area contributed by atoms with Crippen LogP contribution in [0, 0.1) is 0 Å². The highest BCUT2D eigenvalue weighted by atomic mass is 32.1. The van der Waals surface area contributed by atoms with E-state index in [0.29, 0.717) is 5.92 Å². The van der Waals surface area contributed by atoms with E-state index >= 15 is 0 Å². The van der Waals surface area contributed by atoms with Gasteiger partial charge in [0.05, 0.1) is 15.7 Å². The lowest BCUT2D eigenvalue weighted by atomic mass is 10.2. The highest BCUT2D eigenvalue weighted by molar-refractivity contribution is 7.20. The first-order valence-corrected chi connectivity index (χ1v) is 7.98. The van der Waals surface area contributed by atoms with Gasteiger partial charge in [0.15, 0.2) is 5.82 Å². The Bertz CT molecular complexity index is 902. The first kappa shape index (κ1) is 11.9. The third-order valence-corrected chi connectivity index (χ3v) is 4.85. The maximum Gasteiger partial charge on any atom is 0.234 e. The summed E-state index contributed by atoms with van der Waals surface area (Å²) in [5.41, 5.74) is 4.00. The number of thiazole rings is 1. The molecule has 0 saturated heterocycles. The molecule has 0 bridgehead atoms. The summed E-state index contributed by atoms with van der Waals surface area (Å²) in [5, 5.41) is 14.0. The second kappa shape index (κ2) is 4.32. The maximum absolute atomic E-state index is 4.65. The Kier molecular flexibility index (Phi) is 2.58. The van der Waals surface area contributed by atoms with E-state index in [0.717, 1.165) is 26.9 Å². The molecule has 20 heavy (non-hydrogen) atoms. The van der Waals surface area contributed by atoms with Crippen molar-refractivity contribution in [2.75, 3.05) is 0 Å². The Hall–Kier alpha value is -1.86. The van der Waals surface area contributed by atoms with Gasteiger partial charge in [-0.25, -0.2) is 4.98 Å². The minimum absolute atomic E-state index is 0.309. The summed E-state index contributed by atoms with van der Waals surface area (Å²) in [4.78, 5) is 5.14. The molecule has 0 aliphatic rings. The normalized spacial score (nSPS) is 11.9. The van der Waals surface area contributed by atoms with Crippen LogP contribution < -0.4 is 0 Å². The van der Waals surface area contributed by atoms with Crippen LogP contribution >= 0.6 is 22.7 Å². The van der Waals surface area contributed by atoms with Gasteiger partial charge in [0.25, 0.3) is 0 Å². The molecule has 3 aromatic heterocycles. The largest absolute Gasteiger partial charge is 0.245 e. The van der Waals surface area contributed by atoms with Crippen molar-refractivity contribution >= 4 is 37.9 Å². The Morgan fingerprint density at radius 1 is 1.20 bits per heavy atom. The highest BCUT2D eigenvalue weighted by Crippen LogP contribution is 2.30. The average molecular weight is 301 g/mol. The van der Waals surface area contributed by atoms with Gasteiger partial charge < -0.3 is 0 Å². The summed E-state index contributed by atoms with van der Waals surface area (Å²) in [6.45, 7) is 4.19. The van der Waals surface area contributed by atoms with Gasteiger partial charge in [0.1, 0.15) is 5.01 Å². The number of aromatic nitrogens is 5. The molecule has 0 aliphatic heterocycles. The zero-order valence-electron chi connectivity index (χ0n) is 10.9. The maximum atomic E-state index is 4.65. The molecular weight excluding hydrogens is 290 g/mol. The Labute approximate surface area is 122 Å². The molecule has 3 heterocycles. The minimum Gasteiger partial charge on any atom is -0.245 e. The number of hydrogen-bond acceptors (Lipinski definition) is 6. The predicted octanol–water partition coefficient (Wildman–Crippen LogP) is 3.59. The molecule has 100 valence electrons. The van der Waals surface area contributed by atoms with Crippen LogP contribution in [0.5, 0.6) is 0 Å². The van der Waals surface area contributed by atoms with Gasteiger partial charge in [-0.15, -0.1) is 21.5 Å². The van der Waals surface area contributed by atoms with Crippen molar-refractivity contribution in [1.29, 1.82) is 0 Å². The fourth-order valence-corrected chi connectivity index (χ4v) is 3.66. The quantitative estimate of drug-likeness (QED) is 0.568. The molecule has 1 aromatic carbocycles. The Morgan fingerprint density at radius 2 is 2.10 bits per heavy atom. The van der Waals surface area contributed by atoms with Crippen molar-refractivity contribution in [3.05, 3.63) is 29.5 Å². The first-order valence-electron chi connectivity index (χ1n) is 6.28. The molecule has 0 spiro atoms. The van der Waals surface area contributed by atoms with Crippen LogP contribution in [0.25, 0.3) is 25.7 Å². The lowest BCUT2D eigenvalue weighted by molar-refractivity contribution is 0.727. The van der Waals surface area contributed by atoms with E-state index < -0.39 is 0 Å². The Balaban J connectivity index is 1.88. The molecule has 0 fully saturated rings. The molecule has 5 nitrogen and oxygen atoms in total. The summed E-state index contributed by atoms with van der Waals surface area (Å²) in [7, 11) is 0. The smallest absolute Gasteiger partial charge is 0.234 e. The van der Waals surface area contributed by atoms with Gasteiger partial charge in [-0.05, 0) is 18.2 Å². The topological polar surface area (TPSA) is 56.0 Å². The van der Waals surface area contributed by atoms with Gasteiger partial charge >= 0.3 is 0 Å². The van der Waals surface area contributed by atoms with Crippen LogP contribution in [-0.2, 0) is 0 Å². The SMILES string of the molecule is CC(C)c1nnc2sc(-c3ccc4ncsc4c3)nn12. The monoisotopic (exact) mass is 301 g/mol. The molecule has 4 rings (SSSR count). The second-order valence-corrected chi connectivity index (χ2v) is 6.69. The van der Waals surface area contributed by atoms with E-state index in [4.69, 9.17) is 0 Å². The van der Waals surface area contributed by atoms with Gasteiger partial charge in [-0.1, -0.05) is 25.2 Å². The minimum atomic E-state index is 0.309. The number of fused-ring (bicyclic) bond motifs is 2. The summed E-state index contributed by atoms with van der Waals surface area (Å²) in [5.74, 6) is 1.21. The van der Waals surface area contributed by atoms with Gasteiger partial charge in [-0.2, -0.15) is 9.61 Å². The van der Waals surface area contributed by atoms with Crippen LogP contribution in [0.1, 0.15) is 25.6 Å². The van der Waals surface area contributed by atoms with E-state index in [2.05, 4.69) is 46.3 Å². The summed E-state index contributed by atoms with van der Waals surface area (Å²) >= 11 is 3.21. The highest BCUT2D eigenvalue weighted by Gasteiger charge is 2.15. The molecule has 0 N–H and O–H groups in total. The molecule has 0 unspecified atom stereocenters. The third-order valence-electron chi connectivity index (χ3n) is 3.11. The van der Waals surface area contributed by atoms with Crippen LogP contribution in [0.15, 0.2) is 23.7 Å². The molecule has 0 amide bonds. The molecule has 7 heteroatoms. The number of rotatable bonds is 2. The van der Waals surface area contributed by atoms with Crippen LogP contribution in [0.2, 0.25) is 0 Å².